The molecule has 0 atom stereocenters. The Hall–Kier alpha value is -3.59. The number of hydrogen-bond donors (Lipinski definition) is 0. The van der Waals surface area contributed by atoms with E-state index < -0.39 is 5.92 Å². The number of rotatable bonds is 3. The van der Waals surface area contributed by atoms with Gasteiger partial charge in [0.2, 0.25) is 0 Å². The van der Waals surface area contributed by atoms with Crippen LogP contribution in [0.3, 0.4) is 0 Å². The molecule has 4 aromatic carbocycles. The Morgan fingerprint density at radius 2 is 1.36 bits per heavy atom. The Kier molecular flexibility index (Phi) is 4.06. The molecule has 0 aromatic heterocycles. The van der Waals surface area contributed by atoms with Crippen molar-refractivity contribution < 1.29 is 14.3 Å². The molecule has 0 amide bonds. The van der Waals surface area contributed by atoms with Gasteiger partial charge in [0.1, 0.15) is 24.0 Å². The Morgan fingerprint density at radius 1 is 0.750 bits per heavy atom. The lowest BCUT2D eigenvalue weighted by Gasteiger charge is -2.26. The van der Waals surface area contributed by atoms with Gasteiger partial charge < -0.3 is 9.47 Å². The van der Waals surface area contributed by atoms with Crippen molar-refractivity contribution in [2.24, 2.45) is 0 Å². The first-order valence-electron chi connectivity index (χ1n) is 9.30. The van der Waals surface area contributed by atoms with Gasteiger partial charge in [-0.25, -0.2) is 0 Å². The summed E-state index contributed by atoms with van der Waals surface area (Å²) >= 11 is 0. The summed E-state index contributed by atoms with van der Waals surface area (Å²) in [5.74, 6) is 0.647. The lowest BCUT2D eigenvalue weighted by atomic mass is 9.88. The largest absolute Gasteiger partial charge is 0.460 e. The third kappa shape index (κ3) is 2.81. The van der Waals surface area contributed by atoms with Crippen LogP contribution in [0.15, 0.2) is 91.0 Å². The molecular weight excluding hydrogens is 348 g/mol. The van der Waals surface area contributed by atoms with E-state index in [9.17, 15) is 4.79 Å². The summed E-state index contributed by atoms with van der Waals surface area (Å²) in [5.41, 5.74) is 2.67. The summed E-state index contributed by atoms with van der Waals surface area (Å²) < 4.78 is 11.8. The molecule has 1 aliphatic rings. The SMILES string of the molecule is O=C(OCc1cccc2ccccc12)C1c2ccccc2Oc2ccccc21. The summed E-state index contributed by atoms with van der Waals surface area (Å²) in [7, 11) is 0. The van der Waals surface area contributed by atoms with Gasteiger partial charge in [0, 0.05) is 11.1 Å². The summed E-state index contributed by atoms with van der Waals surface area (Å²) in [4.78, 5) is 13.2. The van der Waals surface area contributed by atoms with Crippen LogP contribution in [0.5, 0.6) is 11.5 Å². The van der Waals surface area contributed by atoms with Gasteiger partial charge in [-0.2, -0.15) is 0 Å². The topological polar surface area (TPSA) is 35.5 Å². The number of hydrogen-bond acceptors (Lipinski definition) is 3. The van der Waals surface area contributed by atoms with E-state index in [2.05, 4.69) is 18.2 Å². The average Bonchev–Trinajstić information content (AvgIpc) is 2.75. The smallest absolute Gasteiger partial charge is 0.318 e. The van der Waals surface area contributed by atoms with Gasteiger partial charge in [0.25, 0.3) is 0 Å². The van der Waals surface area contributed by atoms with Crippen LogP contribution in [-0.2, 0) is 16.1 Å². The molecule has 28 heavy (non-hydrogen) atoms. The molecule has 0 N–H and O–H groups in total. The molecule has 0 fully saturated rings. The minimum absolute atomic E-state index is 0.238. The first kappa shape index (κ1) is 16.6. The third-order valence-electron chi connectivity index (χ3n) is 5.17. The molecule has 0 spiro atoms. The fourth-order valence-corrected chi connectivity index (χ4v) is 3.81. The lowest BCUT2D eigenvalue weighted by molar-refractivity contribution is -0.145. The second kappa shape index (κ2) is 6.86. The van der Waals surface area contributed by atoms with Gasteiger partial charge in [0.05, 0.1) is 0 Å². The molecule has 4 aromatic rings. The molecule has 0 radical (unpaired) electrons. The van der Waals surface area contributed by atoms with Crippen molar-refractivity contribution in [2.75, 3.05) is 0 Å². The second-order valence-electron chi connectivity index (χ2n) is 6.86. The van der Waals surface area contributed by atoms with Crippen molar-refractivity contribution in [1.29, 1.82) is 0 Å². The zero-order valence-corrected chi connectivity index (χ0v) is 15.2. The van der Waals surface area contributed by atoms with Crippen molar-refractivity contribution in [3.05, 3.63) is 108 Å². The molecule has 3 nitrogen and oxygen atoms in total. The van der Waals surface area contributed by atoms with Gasteiger partial charge in [-0.1, -0.05) is 78.9 Å². The minimum atomic E-state index is -0.490. The summed E-state index contributed by atoms with van der Waals surface area (Å²) in [5, 5.41) is 2.24. The maximum Gasteiger partial charge on any atom is 0.318 e. The zero-order chi connectivity index (χ0) is 18.9. The number of para-hydroxylation sites is 2. The summed E-state index contributed by atoms with van der Waals surface area (Å²) in [6.07, 6.45) is 0. The fraction of sp³-hybridized carbons (Fsp3) is 0.0800. The first-order valence-corrected chi connectivity index (χ1v) is 9.30. The van der Waals surface area contributed by atoms with Crippen LogP contribution in [0.4, 0.5) is 0 Å². The van der Waals surface area contributed by atoms with Gasteiger partial charge in [0.15, 0.2) is 0 Å². The number of fused-ring (bicyclic) bond motifs is 3. The molecule has 3 heteroatoms. The predicted molar refractivity (Wildman–Crippen MR) is 109 cm³/mol. The molecule has 0 saturated heterocycles. The highest BCUT2D eigenvalue weighted by Crippen LogP contribution is 2.44. The highest BCUT2D eigenvalue weighted by atomic mass is 16.5. The first-order chi connectivity index (χ1) is 13.8. The molecular formula is C25H18O3. The van der Waals surface area contributed by atoms with Crippen LogP contribution >= 0.6 is 0 Å². The molecule has 1 aliphatic heterocycles. The van der Waals surface area contributed by atoms with Crippen molar-refractivity contribution in [2.45, 2.75) is 12.5 Å². The summed E-state index contributed by atoms with van der Waals surface area (Å²) in [6.45, 7) is 0.238. The monoisotopic (exact) mass is 366 g/mol. The lowest BCUT2D eigenvalue weighted by Crippen LogP contribution is -2.21. The van der Waals surface area contributed by atoms with Crippen LogP contribution in [0, 0.1) is 0 Å². The third-order valence-corrected chi connectivity index (χ3v) is 5.17. The van der Waals surface area contributed by atoms with E-state index in [1.807, 2.05) is 72.8 Å². The van der Waals surface area contributed by atoms with Crippen LogP contribution in [0.25, 0.3) is 10.8 Å². The van der Waals surface area contributed by atoms with Gasteiger partial charge in [-0.05, 0) is 28.5 Å². The summed E-state index contributed by atoms with van der Waals surface area (Å²) in [6, 6.07) is 29.4. The van der Waals surface area contributed by atoms with Crippen LogP contribution in [-0.4, -0.2) is 5.97 Å². The predicted octanol–water partition coefficient (Wildman–Crippen LogP) is 5.82. The molecule has 0 saturated carbocycles. The molecule has 0 aliphatic carbocycles. The van der Waals surface area contributed by atoms with E-state index in [0.29, 0.717) is 11.5 Å². The maximum atomic E-state index is 13.2. The molecule has 0 bridgehead atoms. The maximum absolute atomic E-state index is 13.2. The standard InChI is InChI=1S/C25H18O3/c26-25(27-16-18-10-7-9-17-8-1-2-11-19(17)18)24-20-12-3-5-14-22(20)28-23-15-6-4-13-21(23)24/h1-15,24H,16H2. The van der Waals surface area contributed by atoms with Crippen molar-refractivity contribution >= 4 is 16.7 Å². The number of ether oxygens (including phenoxy) is 2. The average molecular weight is 366 g/mol. The van der Waals surface area contributed by atoms with Crippen molar-refractivity contribution in [3.63, 3.8) is 0 Å². The number of carbonyl (C=O) groups excluding carboxylic acids is 1. The number of esters is 1. The normalized spacial score (nSPS) is 12.7. The highest BCUT2D eigenvalue weighted by molar-refractivity contribution is 5.87. The number of benzene rings is 4. The van der Waals surface area contributed by atoms with E-state index in [1.54, 1.807) is 0 Å². The van der Waals surface area contributed by atoms with Crippen LogP contribution in [0.2, 0.25) is 0 Å². The van der Waals surface area contributed by atoms with E-state index in [-0.39, 0.29) is 12.6 Å². The second-order valence-corrected chi connectivity index (χ2v) is 6.86. The van der Waals surface area contributed by atoms with E-state index in [1.165, 1.54) is 0 Å². The van der Waals surface area contributed by atoms with E-state index >= 15 is 0 Å². The van der Waals surface area contributed by atoms with Crippen molar-refractivity contribution in [1.82, 2.24) is 0 Å². The van der Waals surface area contributed by atoms with Crippen LogP contribution < -0.4 is 4.74 Å². The van der Waals surface area contributed by atoms with E-state index in [4.69, 9.17) is 9.47 Å². The molecule has 1 heterocycles. The fourth-order valence-electron chi connectivity index (χ4n) is 3.81. The highest BCUT2D eigenvalue weighted by Gasteiger charge is 2.33. The number of carbonyl (C=O) groups is 1. The van der Waals surface area contributed by atoms with Crippen LogP contribution in [0.1, 0.15) is 22.6 Å². The zero-order valence-electron chi connectivity index (χ0n) is 15.2. The van der Waals surface area contributed by atoms with Gasteiger partial charge in [-0.3, -0.25) is 4.79 Å². The Morgan fingerprint density at radius 3 is 2.11 bits per heavy atom. The Bertz CT molecular complexity index is 1130. The molecule has 136 valence electrons. The quantitative estimate of drug-likeness (QED) is 0.429. The van der Waals surface area contributed by atoms with Gasteiger partial charge in [-0.15, -0.1) is 0 Å². The minimum Gasteiger partial charge on any atom is -0.460 e. The van der Waals surface area contributed by atoms with Crippen molar-refractivity contribution in [3.8, 4) is 11.5 Å². The Labute approximate surface area is 163 Å². The van der Waals surface area contributed by atoms with E-state index in [0.717, 1.165) is 27.5 Å². The molecule has 5 rings (SSSR count). The Balaban J connectivity index is 1.47. The van der Waals surface area contributed by atoms with Gasteiger partial charge >= 0.3 is 5.97 Å². The molecule has 0 unspecified atom stereocenters.